The molecule has 0 N–H and O–H groups in total. The maximum atomic E-state index is 9.82. The maximum absolute atomic E-state index is 9.82. The van der Waals surface area contributed by atoms with Gasteiger partial charge in [-0.05, 0) is 20.8 Å². The lowest BCUT2D eigenvalue weighted by Gasteiger charge is -1.89. The predicted molar refractivity (Wildman–Crippen MR) is 89.8 cm³/mol. The minimum atomic E-state index is -0.750. The Hall–Kier alpha value is 0.01000. The number of unbranched alkanes of at least 4 members (excludes halogenated alkanes) is 3. The first-order chi connectivity index (χ1) is 9.15. The van der Waals surface area contributed by atoms with Crippen LogP contribution in [0.25, 0.3) is 0 Å². The van der Waals surface area contributed by atoms with Gasteiger partial charge in [-0.3, -0.25) is 4.79 Å². The molecule has 6 heteroatoms. The van der Waals surface area contributed by atoms with Crippen molar-refractivity contribution in [3.63, 3.8) is 0 Å². The van der Waals surface area contributed by atoms with E-state index in [-0.39, 0.29) is 11.8 Å². The number of Topliss-reactive ketones (excluding diaryl/α,β-unsaturated/α-hetero) is 1. The van der Waals surface area contributed by atoms with Crippen LogP contribution in [-0.2, 0) is 14.3 Å². The van der Waals surface area contributed by atoms with Crippen LogP contribution in [0.1, 0.15) is 67.2 Å². The number of carbonyl (C=O) groups is 2. The number of esters is 1. The zero-order valence-corrected chi connectivity index (χ0v) is 15.7. The molecule has 0 unspecified atom stereocenters. The molecule has 0 aromatic heterocycles. The van der Waals surface area contributed by atoms with Gasteiger partial charge >= 0.3 is 5.97 Å². The van der Waals surface area contributed by atoms with Crippen molar-refractivity contribution in [3.05, 3.63) is 0 Å². The van der Waals surface area contributed by atoms with E-state index in [9.17, 15) is 9.59 Å². The molecule has 0 saturated carbocycles. The van der Waals surface area contributed by atoms with Crippen LogP contribution < -0.4 is 0 Å². The Morgan fingerprint density at radius 3 is 1.20 bits per heavy atom. The van der Waals surface area contributed by atoms with Gasteiger partial charge in [0.05, 0.1) is 6.61 Å². The molecule has 0 aliphatic rings. The van der Waals surface area contributed by atoms with E-state index >= 15 is 0 Å². The van der Waals surface area contributed by atoms with Crippen molar-refractivity contribution in [2.45, 2.75) is 71.5 Å². The quantitative estimate of drug-likeness (QED) is 0.368. The molecule has 0 amide bonds. The highest BCUT2D eigenvalue weighted by Gasteiger charge is 1.81. The van der Waals surface area contributed by atoms with E-state index in [0.717, 1.165) is 0 Å². The van der Waals surface area contributed by atoms with Crippen LogP contribution in [0.15, 0.2) is 0 Å². The van der Waals surface area contributed by atoms with Gasteiger partial charge in [0.25, 0.3) is 0 Å². The largest absolute Gasteiger partial charge is 0.466 e. The lowest BCUT2D eigenvalue weighted by Crippen LogP contribution is -1.95. The molecule has 0 radical (unpaired) electrons. The minimum Gasteiger partial charge on any atom is -0.466 e. The third kappa shape index (κ3) is 144. The first-order valence-electron chi connectivity index (χ1n) is 6.68. The van der Waals surface area contributed by atoms with Gasteiger partial charge in [0.2, 0.25) is 0 Å². The number of alkyl halides is 3. The molecule has 124 valence electrons. The second-order valence-electron chi connectivity index (χ2n) is 3.79. The molecule has 0 aliphatic heterocycles. The van der Waals surface area contributed by atoms with Crippen molar-refractivity contribution in [2.75, 3.05) is 6.61 Å². The van der Waals surface area contributed by atoms with Crippen molar-refractivity contribution in [3.8, 4) is 0 Å². The Morgan fingerprint density at radius 1 is 0.900 bits per heavy atom. The molecule has 0 saturated heterocycles. The number of rotatable bonds is 4. The highest BCUT2D eigenvalue weighted by atomic mass is 35.6. The molecular formula is C14H29Cl3O3. The molecule has 20 heavy (non-hydrogen) atoms. The summed E-state index contributed by atoms with van der Waals surface area (Å²) < 4.78 is 3.65. The van der Waals surface area contributed by atoms with E-state index in [1.54, 1.807) is 6.92 Å². The number of hydrogen-bond donors (Lipinski definition) is 0. The number of ether oxygens (including phenoxy) is 1. The van der Waals surface area contributed by atoms with Crippen molar-refractivity contribution in [2.24, 2.45) is 0 Å². The fourth-order valence-electron chi connectivity index (χ4n) is 0.703. The summed E-state index contributed by atoms with van der Waals surface area (Å²) in [6, 6.07) is 0. The SMILES string of the molecule is CC(C)=O.CCCCCC.CCOC(C)=O.ClC(Cl)Cl. The molecule has 3 nitrogen and oxygen atoms in total. The van der Waals surface area contributed by atoms with Crippen LogP contribution in [0.5, 0.6) is 0 Å². The second kappa shape index (κ2) is 27.4. The van der Waals surface area contributed by atoms with Gasteiger partial charge in [-0.15, -0.1) is 0 Å². The zero-order valence-electron chi connectivity index (χ0n) is 13.5. The second-order valence-corrected chi connectivity index (χ2v) is 5.77. The number of hydrogen-bond acceptors (Lipinski definition) is 3. The Labute approximate surface area is 139 Å². The molecule has 0 fully saturated rings. The third-order valence-electron chi connectivity index (χ3n) is 1.30. The molecule has 0 aromatic rings. The number of carbonyl (C=O) groups excluding carboxylic acids is 2. The van der Waals surface area contributed by atoms with Gasteiger partial charge in [-0.2, -0.15) is 0 Å². The van der Waals surface area contributed by atoms with Crippen molar-refractivity contribution in [1.82, 2.24) is 0 Å². The smallest absolute Gasteiger partial charge is 0.302 e. The van der Waals surface area contributed by atoms with Gasteiger partial charge < -0.3 is 9.53 Å². The van der Waals surface area contributed by atoms with Crippen molar-refractivity contribution in [1.29, 1.82) is 0 Å². The molecule has 0 aromatic carbocycles. The normalized spacial score (nSPS) is 8.10. The molecule has 0 aliphatic carbocycles. The van der Waals surface area contributed by atoms with Crippen LogP contribution in [0.2, 0.25) is 0 Å². The summed E-state index contributed by atoms with van der Waals surface area (Å²) in [7, 11) is 0. The summed E-state index contributed by atoms with van der Waals surface area (Å²) in [6.45, 7) is 11.2. The van der Waals surface area contributed by atoms with E-state index in [1.165, 1.54) is 46.5 Å². The fourth-order valence-corrected chi connectivity index (χ4v) is 0.703. The van der Waals surface area contributed by atoms with Crippen LogP contribution in [0, 0.1) is 0 Å². The molecule has 0 bridgehead atoms. The Bertz CT molecular complexity index is 187. The average Bonchev–Trinajstić information content (AvgIpc) is 2.25. The van der Waals surface area contributed by atoms with E-state index in [1.807, 2.05) is 0 Å². The summed E-state index contributed by atoms with van der Waals surface area (Å²) >= 11 is 14.4. The zero-order chi connectivity index (χ0) is 17.0. The van der Waals surface area contributed by atoms with E-state index in [4.69, 9.17) is 34.8 Å². The summed E-state index contributed by atoms with van der Waals surface area (Å²) in [4.78, 5) is 19.3. The summed E-state index contributed by atoms with van der Waals surface area (Å²) in [5, 5.41) is 0. The van der Waals surface area contributed by atoms with Crippen molar-refractivity contribution >= 4 is 46.6 Å². The highest BCUT2D eigenvalue weighted by Crippen LogP contribution is 2.03. The van der Waals surface area contributed by atoms with Gasteiger partial charge in [0, 0.05) is 6.92 Å². The number of halogens is 3. The Morgan fingerprint density at radius 2 is 1.15 bits per heavy atom. The lowest BCUT2D eigenvalue weighted by molar-refractivity contribution is -0.140. The van der Waals surface area contributed by atoms with Gasteiger partial charge in [-0.25, -0.2) is 0 Å². The van der Waals surface area contributed by atoms with Crippen LogP contribution >= 0.6 is 34.8 Å². The Kier molecular flexibility index (Phi) is 38.6. The first-order valence-corrected chi connectivity index (χ1v) is 7.99. The van der Waals surface area contributed by atoms with Crippen LogP contribution in [0.3, 0.4) is 0 Å². The molecule has 0 rings (SSSR count). The summed E-state index contributed by atoms with van der Waals surface area (Å²) in [5.74, 6) is -0.0440. The summed E-state index contributed by atoms with van der Waals surface area (Å²) in [5.41, 5.74) is 0. The third-order valence-corrected chi connectivity index (χ3v) is 1.30. The van der Waals surface area contributed by atoms with Gasteiger partial charge in [0.1, 0.15) is 5.78 Å². The van der Waals surface area contributed by atoms with E-state index in [2.05, 4.69) is 18.6 Å². The number of ketones is 1. The molecular weight excluding hydrogens is 323 g/mol. The monoisotopic (exact) mass is 350 g/mol. The topological polar surface area (TPSA) is 43.4 Å². The van der Waals surface area contributed by atoms with Crippen LogP contribution in [0.4, 0.5) is 0 Å². The van der Waals surface area contributed by atoms with E-state index < -0.39 is 4.30 Å². The van der Waals surface area contributed by atoms with E-state index in [0.29, 0.717) is 6.61 Å². The lowest BCUT2D eigenvalue weighted by atomic mass is 10.2. The Balaban J connectivity index is -0.0000000871. The first kappa shape index (κ1) is 28.2. The molecule has 0 atom stereocenters. The fraction of sp³-hybridized carbons (Fsp3) is 0.857. The van der Waals surface area contributed by atoms with Gasteiger partial charge in [0.15, 0.2) is 4.30 Å². The minimum absolute atomic E-state index is 0.167. The van der Waals surface area contributed by atoms with Crippen molar-refractivity contribution < 1.29 is 14.3 Å². The summed E-state index contributed by atoms with van der Waals surface area (Å²) in [6.07, 6.45) is 5.54. The highest BCUT2D eigenvalue weighted by molar-refractivity contribution is 6.63. The maximum Gasteiger partial charge on any atom is 0.302 e. The van der Waals surface area contributed by atoms with Crippen LogP contribution in [-0.4, -0.2) is 22.7 Å². The average molecular weight is 352 g/mol. The molecule has 0 heterocycles. The standard InChI is InChI=1S/C6H14.C4H8O2.C3H6O.CHCl3/c1-3-5-6-4-2;1-3-6-4(2)5;1-3(2)4;2-1(3)4/h3-6H2,1-2H3;3H2,1-2H3;1-2H3;1H. The predicted octanol–water partition coefficient (Wildman–Crippen LogP) is 5.74. The molecule has 0 spiro atoms. The van der Waals surface area contributed by atoms with Gasteiger partial charge in [-0.1, -0.05) is 74.3 Å².